The molecule has 2 aromatic rings. The monoisotopic (exact) mass is 264 g/mol. The number of nitriles is 1. The van der Waals surface area contributed by atoms with Crippen LogP contribution in [0.1, 0.15) is 5.56 Å². The molecule has 0 aliphatic carbocycles. The van der Waals surface area contributed by atoms with Crippen molar-refractivity contribution in [3.8, 4) is 6.07 Å². The zero-order valence-corrected chi connectivity index (χ0v) is 10.00. The minimum Gasteiger partial charge on any atom is -0.339 e. The van der Waals surface area contributed by atoms with E-state index in [9.17, 15) is 0 Å². The van der Waals surface area contributed by atoms with Crippen LogP contribution in [0.15, 0.2) is 30.6 Å². The molecule has 2 rings (SSSR count). The van der Waals surface area contributed by atoms with Gasteiger partial charge in [0.1, 0.15) is 23.4 Å². The van der Waals surface area contributed by atoms with Crippen LogP contribution in [0, 0.1) is 11.3 Å². The van der Waals surface area contributed by atoms with Crippen molar-refractivity contribution < 1.29 is 0 Å². The summed E-state index contributed by atoms with van der Waals surface area (Å²) in [5, 5.41) is 12.8. The van der Waals surface area contributed by atoms with Gasteiger partial charge in [-0.1, -0.05) is 23.2 Å². The molecule has 1 N–H and O–H groups in total. The Bertz CT molecular complexity index is 592. The van der Waals surface area contributed by atoms with E-state index in [2.05, 4.69) is 21.4 Å². The zero-order valence-electron chi connectivity index (χ0n) is 8.48. The van der Waals surface area contributed by atoms with Gasteiger partial charge in [0.15, 0.2) is 0 Å². The molecule has 1 aromatic heterocycles. The van der Waals surface area contributed by atoms with Crippen LogP contribution in [0.25, 0.3) is 0 Å². The van der Waals surface area contributed by atoms with Gasteiger partial charge in [-0.25, -0.2) is 9.97 Å². The predicted molar refractivity (Wildman–Crippen MR) is 66.5 cm³/mol. The molecule has 0 bridgehead atoms. The first-order valence-corrected chi connectivity index (χ1v) is 5.39. The van der Waals surface area contributed by atoms with Crippen LogP contribution >= 0.6 is 23.2 Å². The molecule has 17 heavy (non-hydrogen) atoms. The standard InChI is InChI=1S/C11H6Cl2N4/c12-8-2-1-7(5-14)9(3-8)17-11-4-10(13)15-6-16-11/h1-4,6H,(H,15,16,17). The third-order valence-corrected chi connectivity index (χ3v) is 2.44. The Labute approximate surface area is 108 Å². The number of nitrogens with zero attached hydrogens (tertiary/aromatic N) is 3. The van der Waals surface area contributed by atoms with E-state index in [-0.39, 0.29) is 0 Å². The molecule has 0 radical (unpaired) electrons. The molecule has 84 valence electrons. The summed E-state index contributed by atoms with van der Waals surface area (Å²) >= 11 is 11.6. The molecule has 0 fully saturated rings. The summed E-state index contributed by atoms with van der Waals surface area (Å²) < 4.78 is 0. The van der Waals surface area contributed by atoms with Gasteiger partial charge in [0.05, 0.1) is 11.3 Å². The molecule has 0 unspecified atom stereocenters. The Hall–Kier alpha value is -1.83. The topological polar surface area (TPSA) is 61.6 Å². The first-order chi connectivity index (χ1) is 8.19. The quantitative estimate of drug-likeness (QED) is 0.845. The lowest BCUT2D eigenvalue weighted by Crippen LogP contribution is -1.96. The van der Waals surface area contributed by atoms with Crippen LogP contribution < -0.4 is 5.32 Å². The van der Waals surface area contributed by atoms with Gasteiger partial charge in [-0.2, -0.15) is 5.26 Å². The highest BCUT2D eigenvalue weighted by molar-refractivity contribution is 6.31. The van der Waals surface area contributed by atoms with Crippen molar-refractivity contribution in [1.29, 1.82) is 5.26 Å². The van der Waals surface area contributed by atoms with Crippen LogP contribution in [0.5, 0.6) is 0 Å². The van der Waals surface area contributed by atoms with Crippen molar-refractivity contribution in [2.75, 3.05) is 5.32 Å². The SMILES string of the molecule is N#Cc1ccc(Cl)cc1Nc1cc(Cl)ncn1. The largest absolute Gasteiger partial charge is 0.339 e. The zero-order chi connectivity index (χ0) is 12.3. The molecule has 0 aliphatic heterocycles. The first kappa shape index (κ1) is 11.6. The van der Waals surface area contributed by atoms with Gasteiger partial charge in [0, 0.05) is 11.1 Å². The van der Waals surface area contributed by atoms with E-state index in [1.165, 1.54) is 6.33 Å². The van der Waals surface area contributed by atoms with E-state index in [1.54, 1.807) is 24.3 Å². The number of halogens is 2. The molecule has 1 aromatic carbocycles. The summed E-state index contributed by atoms with van der Waals surface area (Å²) in [6, 6.07) is 8.55. The number of hydrogen-bond donors (Lipinski definition) is 1. The first-order valence-electron chi connectivity index (χ1n) is 4.63. The molecule has 0 spiro atoms. The van der Waals surface area contributed by atoms with Crippen molar-refractivity contribution in [1.82, 2.24) is 9.97 Å². The summed E-state index contributed by atoms with van der Waals surface area (Å²) in [5.74, 6) is 0.503. The van der Waals surface area contributed by atoms with Gasteiger partial charge < -0.3 is 5.32 Å². The van der Waals surface area contributed by atoms with Gasteiger partial charge in [0.25, 0.3) is 0 Å². The Morgan fingerprint density at radius 1 is 1.18 bits per heavy atom. The summed E-state index contributed by atoms with van der Waals surface area (Å²) in [6.45, 7) is 0. The number of rotatable bonds is 2. The number of benzene rings is 1. The Morgan fingerprint density at radius 2 is 2.00 bits per heavy atom. The minimum absolute atomic E-state index is 0.322. The van der Waals surface area contributed by atoms with Gasteiger partial charge in [-0.05, 0) is 18.2 Å². The molecule has 0 atom stereocenters. The second-order valence-electron chi connectivity index (χ2n) is 3.15. The molecule has 0 saturated carbocycles. The van der Waals surface area contributed by atoms with E-state index in [4.69, 9.17) is 28.5 Å². The summed E-state index contributed by atoms with van der Waals surface area (Å²) in [5.41, 5.74) is 1.05. The minimum atomic E-state index is 0.322. The van der Waals surface area contributed by atoms with Crippen molar-refractivity contribution >= 4 is 34.7 Å². The molecule has 4 nitrogen and oxygen atoms in total. The summed E-state index contributed by atoms with van der Waals surface area (Å²) in [4.78, 5) is 7.75. The smallest absolute Gasteiger partial charge is 0.135 e. The second-order valence-corrected chi connectivity index (χ2v) is 3.98. The fraction of sp³-hybridized carbons (Fsp3) is 0. The van der Waals surface area contributed by atoms with E-state index in [1.807, 2.05) is 0 Å². The van der Waals surface area contributed by atoms with Crippen LogP contribution in [-0.4, -0.2) is 9.97 Å². The van der Waals surface area contributed by atoms with Gasteiger partial charge in [0.2, 0.25) is 0 Å². The lowest BCUT2D eigenvalue weighted by atomic mass is 10.2. The summed E-state index contributed by atoms with van der Waals surface area (Å²) in [7, 11) is 0. The number of anilines is 2. The number of hydrogen-bond acceptors (Lipinski definition) is 4. The molecule has 0 saturated heterocycles. The van der Waals surface area contributed by atoms with Crippen molar-refractivity contribution in [2.45, 2.75) is 0 Å². The van der Waals surface area contributed by atoms with Crippen molar-refractivity contribution in [2.24, 2.45) is 0 Å². The van der Waals surface area contributed by atoms with E-state index in [0.717, 1.165) is 0 Å². The van der Waals surface area contributed by atoms with Crippen LogP contribution in [-0.2, 0) is 0 Å². The molecule has 1 heterocycles. The normalized spacial score (nSPS) is 9.71. The maximum Gasteiger partial charge on any atom is 0.135 e. The fourth-order valence-electron chi connectivity index (χ4n) is 1.26. The van der Waals surface area contributed by atoms with Crippen LogP contribution in [0.3, 0.4) is 0 Å². The molecule has 6 heteroatoms. The highest BCUT2D eigenvalue weighted by Gasteiger charge is 2.04. The Balaban J connectivity index is 2.36. The van der Waals surface area contributed by atoms with Crippen LogP contribution in [0.2, 0.25) is 10.2 Å². The highest BCUT2D eigenvalue weighted by Crippen LogP contribution is 2.23. The van der Waals surface area contributed by atoms with Gasteiger partial charge in [-0.3, -0.25) is 0 Å². The lowest BCUT2D eigenvalue weighted by Gasteiger charge is -2.07. The van der Waals surface area contributed by atoms with E-state index < -0.39 is 0 Å². The maximum atomic E-state index is 8.95. The second kappa shape index (κ2) is 5.00. The molecular formula is C11H6Cl2N4. The summed E-state index contributed by atoms with van der Waals surface area (Å²) in [6.07, 6.45) is 1.33. The molecule has 0 amide bonds. The highest BCUT2D eigenvalue weighted by atomic mass is 35.5. The fourth-order valence-corrected chi connectivity index (χ4v) is 1.58. The third kappa shape index (κ3) is 2.84. The Morgan fingerprint density at radius 3 is 2.71 bits per heavy atom. The number of aromatic nitrogens is 2. The van der Waals surface area contributed by atoms with E-state index >= 15 is 0 Å². The third-order valence-electron chi connectivity index (χ3n) is 2.00. The van der Waals surface area contributed by atoms with Crippen LogP contribution in [0.4, 0.5) is 11.5 Å². The average Bonchev–Trinajstić information content (AvgIpc) is 2.29. The average molecular weight is 265 g/mol. The number of nitrogens with one attached hydrogen (secondary N) is 1. The maximum absolute atomic E-state index is 8.95. The lowest BCUT2D eigenvalue weighted by molar-refractivity contribution is 1.17. The Kier molecular flexibility index (Phi) is 3.43. The van der Waals surface area contributed by atoms with Gasteiger partial charge in [-0.15, -0.1) is 0 Å². The molecule has 0 aliphatic rings. The van der Waals surface area contributed by atoms with E-state index in [0.29, 0.717) is 27.2 Å². The predicted octanol–water partition coefficient (Wildman–Crippen LogP) is 3.40. The van der Waals surface area contributed by atoms with Crippen molar-refractivity contribution in [3.05, 3.63) is 46.3 Å². The van der Waals surface area contributed by atoms with Crippen molar-refractivity contribution in [3.63, 3.8) is 0 Å². The van der Waals surface area contributed by atoms with Gasteiger partial charge >= 0.3 is 0 Å². The molecular weight excluding hydrogens is 259 g/mol.